The van der Waals surface area contributed by atoms with Crippen molar-refractivity contribution in [3.8, 4) is 0 Å². The Balaban J connectivity index is 4.00. The largest absolute Gasteiger partial charge is 0.379 e. The van der Waals surface area contributed by atoms with Crippen LogP contribution in [0.4, 0.5) is 0 Å². The molecule has 0 aromatic rings. The highest BCUT2D eigenvalue weighted by molar-refractivity contribution is 4.80. The van der Waals surface area contributed by atoms with E-state index in [0.29, 0.717) is 0 Å². The van der Waals surface area contributed by atoms with Crippen molar-refractivity contribution in [1.29, 1.82) is 0 Å². The van der Waals surface area contributed by atoms with Crippen molar-refractivity contribution in [3.05, 3.63) is 24.3 Å². The van der Waals surface area contributed by atoms with Crippen LogP contribution in [0.5, 0.6) is 0 Å². The zero-order valence-electron chi connectivity index (χ0n) is 25.0. The lowest BCUT2D eigenvalue weighted by atomic mass is 10.1. The summed E-state index contributed by atoms with van der Waals surface area (Å²) in [6.45, 7) is 9.70. The molecule has 214 valence electrons. The van der Waals surface area contributed by atoms with Gasteiger partial charge in [-0.15, -0.1) is 0 Å². The number of hydrogen-bond acceptors (Lipinski definition) is 3. The van der Waals surface area contributed by atoms with Gasteiger partial charge in [0.25, 0.3) is 0 Å². The SMILES string of the molecule is CC/C=C\CCCCCCCCOCC(C[N+](C)(C)CCCN)OCCCCCCCC/C=C\CC. The molecular weight excluding hydrogens is 444 g/mol. The molecule has 0 aliphatic heterocycles. The smallest absolute Gasteiger partial charge is 0.130 e. The Morgan fingerprint density at radius 2 is 1.14 bits per heavy atom. The summed E-state index contributed by atoms with van der Waals surface area (Å²) in [7, 11) is 4.58. The van der Waals surface area contributed by atoms with Crippen molar-refractivity contribution in [1.82, 2.24) is 0 Å². The summed E-state index contributed by atoms with van der Waals surface area (Å²) < 4.78 is 13.4. The van der Waals surface area contributed by atoms with E-state index in [9.17, 15) is 0 Å². The average molecular weight is 510 g/mol. The van der Waals surface area contributed by atoms with Gasteiger partial charge in [0.2, 0.25) is 0 Å². The zero-order valence-corrected chi connectivity index (χ0v) is 25.0. The highest BCUT2D eigenvalue weighted by atomic mass is 16.5. The second-order valence-corrected chi connectivity index (χ2v) is 11.1. The predicted molar refractivity (Wildman–Crippen MR) is 160 cm³/mol. The summed E-state index contributed by atoms with van der Waals surface area (Å²) in [6.07, 6.45) is 30.9. The van der Waals surface area contributed by atoms with Gasteiger partial charge in [-0.2, -0.15) is 0 Å². The number of quaternary nitrogens is 1. The van der Waals surface area contributed by atoms with E-state index < -0.39 is 0 Å². The van der Waals surface area contributed by atoms with Gasteiger partial charge in [-0.3, -0.25) is 0 Å². The first-order chi connectivity index (χ1) is 17.6. The third-order valence-corrected chi connectivity index (χ3v) is 6.80. The fourth-order valence-corrected chi connectivity index (χ4v) is 4.59. The molecule has 0 spiro atoms. The van der Waals surface area contributed by atoms with E-state index in [4.69, 9.17) is 15.2 Å². The lowest BCUT2D eigenvalue weighted by Gasteiger charge is -2.33. The summed E-state index contributed by atoms with van der Waals surface area (Å²) in [5, 5.41) is 0. The lowest BCUT2D eigenvalue weighted by Crippen LogP contribution is -2.48. The second-order valence-electron chi connectivity index (χ2n) is 11.1. The maximum absolute atomic E-state index is 6.34. The number of likely N-dealkylation sites (N-methyl/N-ethyl adjacent to an activating group) is 1. The van der Waals surface area contributed by atoms with Crippen molar-refractivity contribution in [2.75, 3.05) is 53.6 Å². The third-order valence-electron chi connectivity index (χ3n) is 6.80. The number of unbranched alkanes of at least 4 members (excludes halogenated alkanes) is 12. The molecule has 0 aliphatic rings. The summed E-state index contributed by atoms with van der Waals surface area (Å²) in [4.78, 5) is 0. The van der Waals surface area contributed by atoms with Crippen LogP contribution < -0.4 is 5.73 Å². The van der Waals surface area contributed by atoms with Crippen LogP contribution in [-0.4, -0.2) is 64.1 Å². The monoisotopic (exact) mass is 510 g/mol. The molecule has 0 bridgehead atoms. The number of hydrogen-bond donors (Lipinski definition) is 1. The van der Waals surface area contributed by atoms with Crippen LogP contribution >= 0.6 is 0 Å². The summed E-state index contributed by atoms with van der Waals surface area (Å²) in [5.74, 6) is 0. The molecule has 1 unspecified atom stereocenters. The van der Waals surface area contributed by atoms with Crippen molar-refractivity contribution in [2.24, 2.45) is 5.73 Å². The molecule has 0 saturated heterocycles. The van der Waals surface area contributed by atoms with E-state index in [0.717, 1.165) is 69.6 Å². The molecule has 0 rings (SSSR count). The normalized spacial score (nSPS) is 13.4. The minimum atomic E-state index is 0.180. The van der Waals surface area contributed by atoms with E-state index in [1.54, 1.807) is 0 Å². The zero-order chi connectivity index (χ0) is 26.6. The van der Waals surface area contributed by atoms with E-state index >= 15 is 0 Å². The van der Waals surface area contributed by atoms with Gasteiger partial charge in [0, 0.05) is 19.6 Å². The van der Waals surface area contributed by atoms with Crippen molar-refractivity contribution < 1.29 is 14.0 Å². The fourth-order valence-electron chi connectivity index (χ4n) is 4.59. The molecular formula is C32H65N2O2+. The standard InChI is InChI=1S/C32H65N2O2/c1-5-7-9-11-13-15-17-19-21-23-28-35-31-32(30-34(3,4)27-25-26-33)36-29-24-22-20-18-16-14-12-10-8-6-2/h7-10,32H,5-6,11-31,33H2,1-4H3/q+1/b9-7-,10-8-. The fraction of sp³-hybridized carbons (Fsp3) is 0.875. The van der Waals surface area contributed by atoms with Crippen LogP contribution in [0.25, 0.3) is 0 Å². The van der Waals surface area contributed by atoms with Crippen LogP contribution in [0, 0.1) is 0 Å². The second kappa shape index (κ2) is 27.4. The highest BCUT2D eigenvalue weighted by Gasteiger charge is 2.22. The average Bonchev–Trinajstić information content (AvgIpc) is 2.86. The number of ether oxygens (including phenoxy) is 2. The Kier molecular flexibility index (Phi) is 26.8. The summed E-state index contributed by atoms with van der Waals surface area (Å²) in [6, 6.07) is 0. The third kappa shape index (κ3) is 26.4. The van der Waals surface area contributed by atoms with E-state index in [1.807, 2.05) is 0 Å². The number of allylic oxidation sites excluding steroid dienone is 4. The Morgan fingerprint density at radius 1 is 0.639 bits per heavy atom. The first kappa shape index (κ1) is 35.3. The predicted octanol–water partition coefficient (Wildman–Crippen LogP) is 8.21. The molecule has 0 radical (unpaired) electrons. The summed E-state index contributed by atoms with van der Waals surface area (Å²) in [5.41, 5.74) is 5.76. The Labute approximate surface area is 226 Å². The van der Waals surface area contributed by atoms with Crippen molar-refractivity contribution in [2.45, 2.75) is 129 Å². The van der Waals surface area contributed by atoms with Crippen LogP contribution in [-0.2, 0) is 9.47 Å². The number of nitrogens with zero attached hydrogens (tertiary/aromatic N) is 1. The van der Waals surface area contributed by atoms with Gasteiger partial charge in [-0.05, 0) is 57.9 Å². The van der Waals surface area contributed by atoms with Gasteiger partial charge in [0.1, 0.15) is 12.6 Å². The summed E-state index contributed by atoms with van der Waals surface area (Å²) >= 11 is 0. The van der Waals surface area contributed by atoms with Gasteiger partial charge in [-0.1, -0.05) is 89.5 Å². The molecule has 1 atom stereocenters. The van der Waals surface area contributed by atoms with Gasteiger partial charge >= 0.3 is 0 Å². The number of nitrogens with two attached hydrogens (primary N) is 1. The Morgan fingerprint density at radius 3 is 1.67 bits per heavy atom. The first-order valence-corrected chi connectivity index (χ1v) is 15.6. The topological polar surface area (TPSA) is 44.5 Å². The van der Waals surface area contributed by atoms with E-state index in [2.05, 4.69) is 52.2 Å². The molecule has 36 heavy (non-hydrogen) atoms. The first-order valence-electron chi connectivity index (χ1n) is 15.6. The maximum Gasteiger partial charge on any atom is 0.130 e. The molecule has 0 amide bonds. The highest BCUT2D eigenvalue weighted by Crippen LogP contribution is 2.11. The van der Waals surface area contributed by atoms with Crippen molar-refractivity contribution in [3.63, 3.8) is 0 Å². The molecule has 0 heterocycles. The Bertz CT molecular complexity index is 491. The maximum atomic E-state index is 6.34. The molecule has 0 aromatic carbocycles. The van der Waals surface area contributed by atoms with Crippen LogP contribution in [0.1, 0.15) is 123 Å². The molecule has 4 nitrogen and oxygen atoms in total. The molecule has 0 aliphatic carbocycles. The van der Waals surface area contributed by atoms with Crippen LogP contribution in [0.3, 0.4) is 0 Å². The number of rotatable bonds is 28. The molecule has 0 aromatic heterocycles. The molecule has 0 fully saturated rings. The lowest BCUT2D eigenvalue weighted by molar-refractivity contribution is -0.893. The van der Waals surface area contributed by atoms with Crippen LogP contribution in [0.15, 0.2) is 24.3 Å². The minimum Gasteiger partial charge on any atom is -0.379 e. The molecule has 4 heteroatoms. The van der Waals surface area contributed by atoms with Crippen molar-refractivity contribution >= 4 is 0 Å². The minimum absolute atomic E-state index is 0.180. The van der Waals surface area contributed by atoms with Gasteiger partial charge in [0.05, 0.1) is 27.2 Å². The molecule has 2 N–H and O–H groups in total. The van der Waals surface area contributed by atoms with Gasteiger partial charge in [-0.25, -0.2) is 0 Å². The van der Waals surface area contributed by atoms with E-state index in [1.165, 1.54) is 83.5 Å². The van der Waals surface area contributed by atoms with Gasteiger partial charge < -0.3 is 19.7 Å². The Hall–Kier alpha value is -0.680. The quantitative estimate of drug-likeness (QED) is 0.0656. The molecule has 0 saturated carbocycles. The van der Waals surface area contributed by atoms with Crippen LogP contribution in [0.2, 0.25) is 0 Å². The van der Waals surface area contributed by atoms with Gasteiger partial charge in [0.15, 0.2) is 0 Å². The van der Waals surface area contributed by atoms with E-state index in [-0.39, 0.29) is 6.10 Å².